The average Bonchev–Trinajstić information content (AvgIpc) is 3.54. The molecule has 0 bridgehead atoms. The van der Waals surface area contributed by atoms with E-state index in [2.05, 4.69) is 57.3 Å². The first-order valence-corrected chi connectivity index (χ1v) is 34.7. The lowest BCUT2D eigenvalue weighted by atomic mass is 10.1. The summed E-state index contributed by atoms with van der Waals surface area (Å²) in [6.07, 6.45) is 66.4. The van der Waals surface area contributed by atoms with Crippen LogP contribution in [0.1, 0.15) is 305 Å². The summed E-state index contributed by atoms with van der Waals surface area (Å²) in [6.45, 7) is 19.4. The first kappa shape index (κ1) is 82.6. The molecule has 0 heterocycles. The number of nitrogens with zero attached hydrogens (tertiary/aromatic N) is 1. The second-order valence-electron chi connectivity index (χ2n) is 23.7. The molecule has 0 saturated carbocycles. The van der Waals surface area contributed by atoms with Gasteiger partial charge in [0.15, 0.2) is 0 Å². The number of carbonyl (C=O) groups is 5. The molecule has 12 nitrogen and oxygen atoms in total. The molecule has 0 aliphatic heterocycles. The van der Waals surface area contributed by atoms with Gasteiger partial charge in [0.2, 0.25) is 0 Å². The van der Waals surface area contributed by atoms with Crippen LogP contribution in [-0.2, 0) is 42.9 Å². The summed E-state index contributed by atoms with van der Waals surface area (Å²) in [5.74, 6) is -0.747. The van der Waals surface area contributed by atoms with Gasteiger partial charge in [-0.15, -0.1) is 0 Å². The van der Waals surface area contributed by atoms with Gasteiger partial charge >= 0.3 is 30.0 Å². The van der Waals surface area contributed by atoms with Crippen LogP contribution in [-0.4, -0.2) is 93.1 Å². The van der Waals surface area contributed by atoms with Crippen molar-refractivity contribution in [1.29, 1.82) is 0 Å². The van der Waals surface area contributed by atoms with Gasteiger partial charge in [0.25, 0.3) is 0 Å². The molecule has 85 heavy (non-hydrogen) atoms. The molecule has 0 aromatic carbocycles. The van der Waals surface area contributed by atoms with E-state index < -0.39 is 5.60 Å². The maximum absolute atomic E-state index is 12.8. The summed E-state index contributed by atoms with van der Waals surface area (Å²) in [5, 5.41) is 3.52. The molecule has 12 heteroatoms. The quantitative estimate of drug-likeness (QED) is 0.0204. The molecule has 0 saturated heterocycles. The summed E-state index contributed by atoms with van der Waals surface area (Å²) >= 11 is 0. The first-order valence-electron chi connectivity index (χ1n) is 34.7. The molecule has 0 aliphatic carbocycles. The summed E-state index contributed by atoms with van der Waals surface area (Å²) in [6, 6.07) is 0. The van der Waals surface area contributed by atoms with Crippen LogP contribution < -0.4 is 5.32 Å². The number of allylic oxidation sites excluding steroid dienone is 6. The Morgan fingerprint density at radius 2 is 0.635 bits per heavy atom. The zero-order valence-electron chi connectivity index (χ0n) is 55.9. The van der Waals surface area contributed by atoms with Crippen molar-refractivity contribution in [2.45, 2.75) is 311 Å². The summed E-state index contributed by atoms with van der Waals surface area (Å²) in [4.78, 5) is 61.9. The van der Waals surface area contributed by atoms with E-state index in [1.165, 1.54) is 128 Å². The van der Waals surface area contributed by atoms with Gasteiger partial charge < -0.3 is 33.9 Å². The summed E-state index contributed by atoms with van der Waals surface area (Å²) in [5.41, 5.74) is -0.530. The van der Waals surface area contributed by atoms with E-state index in [9.17, 15) is 24.0 Å². The Morgan fingerprint density at radius 1 is 0.341 bits per heavy atom. The fraction of sp³-hybridized carbons (Fsp3) is 0.767. The van der Waals surface area contributed by atoms with Crippen molar-refractivity contribution in [2.24, 2.45) is 0 Å². The molecule has 1 N–H and O–H groups in total. The lowest BCUT2D eigenvalue weighted by molar-refractivity contribution is -0.143. The minimum Gasteiger partial charge on any atom is -0.461 e. The van der Waals surface area contributed by atoms with Gasteiger partial charge in [0, 0.05) is 38.1 Å². The van der Waals surface area contributed by atoms with Gasteiger partial charge in [-0.25, -0.2) is 14.4 Å². The SMILES string of the molecule is CCCCCC/C=C\COC(=O)/C=C/CCCCCN(CCCCCCCC(=O)OC/C=C\CCCCCC)C(=O)OC(C)(C)C.CCCCCC/C=C\COC(=O)/C=C/CCCCCNCCCCCCCC(=O)OC/C=C\CCCCCC. The minimum absolute atomic E-state index is 0.0704. The number of hydrogen-bond donors (Lipinski definition) is 1. The fourth-order valence-corrected chi connectivity index (χ4v) is 8.97. The highest BCUT2D eigenvalue weighted by Crippen LogP contribution is 2.15. The van der Waals surface area contributed by atoms with Crippen molar-refractivity contribution in [2.75, 3.05) is 52.6 Å². The van der Waals surface area contributed by atoms with Crippen LogP contribution in [0.3, 0.4) is 0 Å². The van der Waals surface area contributed by atoms with Crippen LogP contribution >= 0.6 is 0 Å². The lowest BCUT2D eigenvalue weighted by Gasteiger charge is -2.27. The van der Waals surface area contributed by atoms with Crippen LogP contribution in [0.15, 0.2) is 72.9 Å². The molecule has 0 unspecified atom stereocenters. The summed E-state index contributed by atoms with van der Waals surface area (Å²) in [7, 11) is 0. The second kappa shape index (κ2) is 67.1. The number of carbonyl (C=O) groups excluding carboxylic acids is 5. The molecule has 0 rings (SSSR count). The van der Waals surface area contributed by atoms with Crippen LogP contribution in [0.2, 0.25) is 0 Å². The van der Waals surface area contributed by atoms with Crippen molar-refractivity contribution in [3.05, 3.63) is 72.9 Å². The largest absolute Gasteiger partial charge is 0.461 e. The molecule has 492 valence electrons. The second-order valence-corrected chi connectivity index (χ2v) is 23.7. The Labute approximate surface area is 522 Å². The normalized spacial score (nSPS) is 11.8. The van der Waals surface area contributed by atoms with Crippen molar-refractivity contribution >= 4 is 30.0 Å². The minimum atomic E-state index is -0.530. The molecule has 0 aliphatic rings. The third kappa shape index (κ3) is 70.2. The van der Waals surface area contributed by atoms with Gasteiger partial charge in [-0.2, -0.15) is 0 Å². The number of esters is 4. The molecule has 0 fully saturated rings. The first-order chi connectivity index (χ1) is 41.4. The maximum Gasteiger partial charge on any atom is 0.410 e. The van der Waals surface area contributed by atoms with Gasteiger partial charge in [0.05, 0.1) is 0 Å². The summed E-state index contributed by atoms with van der Waals surface area (Å²) < 4.78 is 26.6. The third-order valence-corrected chi connectivity index (χ3v) is 14.1. The van der Waals surface area contributed by atoms with E-state index in [-0.39, 0.29) is 30.0 Å². The van der Waals surface area contributed by atoms with Crippen LogP contribution in [0.4, 0.5) is 4.79 Å². The monoisotopic (exact) mass is 1190 g/mol. The smallest absolute Gasteiger partial charge is 0.410 e. The number of rotatable bonds is 58. The number of unbranched alkanes of at least 4 members (excludes halogenated alkanes) is 30. The highest BCUT2D eigenvalue weighted by molar-refractivity contribution is 5.82. The fourth-order valence-electron chi connectivity index (χ4n) is 8.97. The lowest BCUT2D eigenvalue weighted by Crippen LogP contribution is -2.38. The Morgan fingerprint density at radius 3 is 1.00 bits per heavy atom. The van der Waals surface area contributed by atoms with Gasteiger partial charge in [-0.05, 0) is 149 Å². The Hall–Kier alpha value is -4.45. The molecule has 1 amide bonds. The van der Waals surface area contributed by atoms with Gasteiger partial charge in [0.1, 0.15) is 32.0 Å². The van der Waals surface area contributed by atoms with Crippen molar-refractivity contribution in [1.82, 2.24) is 10.2 Å². The van der Waals surface area contributed by atoms with E-state index >= 15 is 0 Å². The van der Waals surface area contributed by atoms with Crippen LogP contribution in [0.25, 0.3) is 0 Å². The molecule has 0 aromatic heterocycles. The Bertz CT molecular complexity index is 1710. The zero-order chi connectivity index (χ0) is 62.6. The van der Waals surface area contributed by atoms with Crippen LogP contribution in [0.5, 0.6) is 0 Å². The molecular weight excluding hydrogens is 1060 g/mol. The predicted octanol–water partition coefficient (Wildman–Crippen LogP) is 20.0. The highest BCUT2D eigenvalue weighted by Gasteiger charge is 2.21. The molecule has 0 radical (unpaired) electrons. The van der Waals surface area contributed by atoms with Crippen molar-refractivity contribution in [3.63, 3.8) is 0 Å². The molecule has 0 aromatic rings. The van der Waals surface area contributed by atoms with Gasteiger partial charge in [-0.3, -0.25) is 9.59 Å². The maximum atomic E-state index is 12.8. The standard InChI is InChI=1S/C39H69NO6.C34H61NO4/c1-6-8-10-12-14-22-28-34-44-36(41)30-24-18-16-20-26-32-40(38(43)46-39(3,4)5)33-27-21-17-19-25-31-37(42)45-35-29-23-15-13-11-9-7-2;1-3-5-7-9-11-19-25-31-38-33(36)27-21-15-13-17-23-29-35-30-24-18-14-16-22-28-34(37)39-32-26-20-12-10-8-6-4-2/h22-24,28-30H,6-21,25-27,31-35H2,1-5H3;19-21,25-27,35H,3-18,22-24,28-32H2,1-2H3/b28-22-,29-23-,30-24+;25-19-,26-20-,27-21+. The number of hydrogen-bond acceptors (Lipinski definition) is 11. The van der Waals surface area contributed by atoms with E-state index in [0.717, 1.165) is 135 Å². The van der Waals surface area contributed by atoms with E-state index in [1.54, 1.807) is 6.08 Å². The number of amides is 1. The van der Waals surface area contributed by atoms with Gasteiger partial charge in [-0.1, -0.05) is 217 Å². The van der Waals surface area contributed by atoms with Crippen molar-refractivity contribution in [3.8, 4) is 0 Å². The highest BCUT2D eigenvalue weighted by atomic mass is 16.6. The number of nitrogens with one attached hydrogen (secondary N) is 1. The average molecular weight is 1200 g/mol. The van der Waals surface area contributed by atoms with Crippen LogP contribution in [0, 0.1) is 0 Å². The molecular formula is C73H130N2O10. The zero-order valence-corrected chi connectivity index (χ0v) is 55.9. The Kier molecular flexibility index (Phi) is 65.2. The topological polar surface area (TPSA) is 147 Å². The molecule has 0 spiro atoms. The Balaban J connectivity index is 0. The molecule has 0 atom stereocenters. The van der Waals surface area contributed by atoms with Crippen molar-refractivity contribution < 1.29 is 47.7 Å². The third-order valence-electron chi connectivity index (χ3n) is 14.1. The van der Waals surface area contributed by atoms with E-state index in [1.807, 2.05) is 62.1 Å². The van der Waals surface area contributed by atoms with E-state index in [4.69, 9.17) is 23.7 Å². The van der Waals surface area contributed by atoms with E-state index in [0.29, 0.717) is 52.4 Å². The predicted molar refractivity (Wildman–Crippen MR) is 357 cm³/mol. The number of ether oxygens (including phenoxy) is 5.